The van der Waals surface area contributed by atoms with Crippen molar-refractivity contribution in [3.63, 3.8) is 0 Å². The Morgan fingerprint density at radius 3 is 2.20 bits per heavy atom. The first-order valence-electron chi connectivity index (χ1n) is 8.45. The third kappa shape index (κ3) is 5.58. The van der Waals surface area contributed by atoms with E-state index in [0.29, 0.717) is 5.95 Å². The van der Waals surface area contributed by atoms with Gasteiger partial charge in [-0.2, -0.15) is 20.4 Å². The summed E-state index contributed by atoms with van der Waals surface area (Å²) in [5, 5.41) is 0. The van der Waals surface area contributed by atoms with Crippen molar-refractivity contribution in [2.45, 2.75) is 32.1 Å². The molecule has 2 heterocycles. The molecule has 0 aliphatic carbocycles. The van der Waals surface area contributed by atoms with Crippen LogP contribution in [0, 0.1) is 43.5 Å². The minimum Gasteiger partial charge on any atom is -0.368 e. The van der Waals surface area contributed by atoms with Crippen molar-refractivity contribution in [2.75, 3.05) is 29.5 Å². The minimum atomic E-state index is 0. The first-order chi connectivity index (χ1) is 11.5. The number of anilines is 3. The fourth-order valence-electron chi connectivity index (χ4n) is 3.28. The van der Waals surface area contributed by atoms with E-state index in [1.807, 2.05) is 0 Å². The van der Waals surface area contributed by atoms with Crippen molar-refractivity contribution >= 4 is 17.8 Å². The van der Waals surface area contributed by atoms with Crippen LogP contribution >= 0.6 is 0 Å². The molecule has 4 N–H and O–H groups in total. The number of hydrogen-bond donors (Lipinski definition) is 2. The number of piperidine rings is 1. The summed E-state index contributed by atoms with van der Waals surface area (Å²) in [6.45, 7) is 6.24. The van der Waals surface area contributed by atoms with Gasteiger partial charge in [-0.05, 0) is 12.0 Å². The molecule has 7 heteroatoms. The molecule has 6 nitrogen and oxygen atoms in total. The van der Waals surface area contributed by atoms with Gasteiger partial charge in [-0.1, -0.05) is 56.0 Å². The number of rotatable bonds is 5. The van der Waals surface area contributed by atoms with Gasteiger partial charge in [-0.25, -0.2) is 0 Å². The monoisotopic (exact) mass is 563 g/mol. The van der Waals surface area contributed by atoms with Crippen molar-refractivity contribution in [3.05, 3.63) is 42.8 Å². The molecule has 1 aromatic heterocycles. The Labute approximate surface area is 173 Å². The number of nitrogens with two attached hydrogens (primary N) is 2. The van der Waals surface area contributed by atoms with Gasteiger partial charge in [-0.3, -0.25) is 0 Å². The molecule has 132 valence electrons. The van der Waals surface area contributed by atoms with E-state index in [0.717, 1.165) is 38.8 Å². The number of aryl methyl sites for hydroxylation is 1. The van der Waals surface area contributed by atoms with Crippen LogP contribution in [0.25, 0.3) is 0 Å². The Hall–Kier alpha value is -1.32. The summed E-state index contributed by atoms with van der Waals surface area (Å²) in [5.41, 5.74) is 12.9. The van der Waals surface area contributed by atoms with Crippen LogP contribution in [0.1, 0.15) is 31.2 Å². The van der Waals surface area contributed by atoms with E-state index in [4.69, 9.17) is 11.5 Å². The van der Waals surface area contributed by atoms with Gasteiger partial charge >= 0.3 is 0 Å². The van der Waals surface area contributed by atoms with Crippen LogP contribution in [0.15, 0.2) is 30.3 Å². The van der Waals surface area contributed by atoms with Crippen molar-refractivity contribution in [2.24, 2.45) is 5.41 Å². The van der Waals surface area contributed by atoms with Gasteiger partial charge in [-0.15, -0.1) is 0 Å². The smallest absolute Gasteiger partial charge is 0.231 e. The minimum absolute atomic E-state index is 0. The predicted octanol–water partition coefficient (Wildman–Crippen LogP) is 2.48. The molecule has 1 aliphatic rings. The average Bonchev–Trinajstić information content (AvgIpc) is 2.55. The molecule has 1 fully saturated rings. The molecule has 0 saturated carbocycles. The molecule has 0 radical (unpaired) electrons. The van der Waals surface area contributed by atoms with Crippen molar-refractivity contribution in [3.8, 4) is 0 Å². The summed E-state index contributed by atoms with van der Waals surface area (Å²) in [5.74, 6) is 0.921. The van der Waals surface area contributed by atoms with Gasteiger partial charge in [0, 0.05) is 44.2 Å². The van der Waals surface area contributed by atoms with Crippen molar-refractivity contribution < 1.29 is 31.1 Å². The Kier molecular flexibility index (Phi) is 7.09. The summed E-state index contributed by atoms with van der Waals surface area (Å²) in [6.07, 6.45) is 5.46. The first-order valence-corrected chi connectivity index (χ1v) is 8.45. The number of benzene rings is 1. The number of hydrogen-bond acceptors (Lipinski definition) is 6. The third-order valence-electron chi connectivity index (χ3n) is 4.78. The van der Waals surface area contributed by atoms with Crippen LogP contribution in [0.4, 0.5) is 17.8 Å². The summed E-state index contributed by atoms with van der Waals surface area (Å²) < 4.78 is 0. The van der Waals surface area contributed by atoms with E-state index in [-0.39, 0.29) is 48.4 Å². The maximum Gasteiger partial charge on any atom is 0.231 e. The molecule has 2 aromatic rings. The largest absolute Gasteiger partial charge is 0.368 e. The van der Waals surface area contributed by atoms with Crippen LogP contribution in [-0.4, -0.2) is 28.0 Å². The van der Waals surface area contributed by atoms with E-state index in [9.17, 15) is 0 Å². The Bertz CT molecular complexity index is 650. The SMILES string of the molecule is [CH2-]C1(CCCc2ccccc2)CCN(c2nc(N)nc(N)n2)CC1.[U]. The molecule has 25 heavy (non-hydrogen) atoms. The van der Waals surface area contributed by atoms with E-state index < -0.39 is 0 Å². The average molecular weight is 563 g/mol. The van der Waals surface area contributed by atoms with E-state index in [1.165, 1.54) is 12.0 Å². The zero-order chi connectivity index (χ0) is 17.0. The third-order valence-corrected chi connectivity index (χ3v) is 4.78. The Morgan fingerprint density at radius 2 is 1.60 bits per heavy atom. The molecule has 3 rings (SSSR count). The standard InChI is InChI=1S/C18H25N6.U/c1-18(9-5-8-14-6-3-2-4-7-14)10-12-24(13-11-18)17-22-15(19)21-16(20)23-17;/h2-4,6-7H,1,5,8-13H2,(H4,19,20,21,22,23);/q-1;. The van der Waals surface area contributed by atoms with Gasteiger partial charge in [0.05, 0.1) is 0 Å². The van der Waals surface area contributed by atoms with Gasteiger partial charge in [0.15, 0.2) is 0 Å². The summed E-state index contributed by atoms with van der Waals surface area (Å²) in [6, 6.07) is 10.6. The zero-order valence-electron chi connectivity index (χ0n) is 14.5. The van der Waals surface area contributed by atoms with Gasteiger partial charge in [0.2, 0.25) is 17.8 Å². The quantitative estimate of drug-likeness (QED) is 0.544. The maximum atomic E-state index is 5.66. The number of aromatic nitrogens is 3. The number of nitrogens with zero attached hydrogens (tertiary/aromatic N) is 4. The second kappa shape index (κ2) is 8.86. The van der Waals surface area contributed by atoms with Gasteiger partial charge in [0.25, 0.3) is 0 Å². The van der Waals surface area contributed by atoms with E-state index >= 15 is 0 Å². The normalized spacial score (nSPS) is 16.3. The maximum absolute atomic E-state index is 5.66. The predicted molar refractivity (Wildman–Crippen MR) is 97.3 cm³/mol. The van der Waals surface area contributed by atoms with Crippen molar-refractivity contribution in [1.82, 2.24) is 15.0 Å². The second-order valence-corrected chi connectivity index (χ2v) is 6.68. The first kappa shape index (κ1) is 20.0. The molecule has 0 atom stereocenters. The molecule has 1 aromatic carbocycles. The summed E-state index contributed by atoms with van der Waals surface area (Å²) >= 11 is 0. The molecule has 0 spiro atoms. The molecular formula is C18H25N6U-. The molecule has 0 unspecified atom stereocenters. The summed E-state index contributed by atoms with van der Waals surface area (Å²) in [7, 11) is 0. The Balaban J connectivity index is 0.00000225. The molecule has 1 aliphatic heterocycles. The van der Waals surface area contributed by atoms with Crippen LogP contribution < -0.4 is 16.4 Å². The fourth-order valence-corrected chi connectivity index (χ4v) is 3.28. The van der Waals surface area contributed by atoms with E-state index in [1.54, 1.807) is 0 Å². The molecule has 0 bridgehead atoms. The van der Waals surface area contributed by atoms with Crippen LogP contribution in [0.5, 0.6) is 0 Å². The zero-order valence-corrected chi connectivity index (χ0v) is 18.7. The van der Waals surface area contributed by atoms with Crippen LogP contribution in [-0.2, 0) is 6.42 Å². The van der Waals surface area contributed by atoms with Crippen LogP contribution in [0.2, 0.25) is 0 Å². The molecular weight excluding hydrogens is 538 g/mol. The van der Waals surface area contributed by atoms with Crippen LogP contribution in [0.3, 0.4) is 0 Å². The van der Waals surface area contributed by atoms with Crippen molar-refractivity contribution in [1.29, 1.82) is 0 Å². The van der Waals surface area contributed by atoms with Gasteiger partial charge in [0.1, 0.15) is 0 Å². The fraction of sp³-hybridized carbons (Fsp3) is 0.444. The summed E-state index contributed by atoms with van der Waals surface area (Å²) in [4.78, 5) is 14.3. The molecule has 1 saturated heterocycles. The topological polar surface area (TPSA) is 94.0 Å². The van der Waals surface area contributed by atoms with Gasteiger partial charge < -0.3 is 23.3 Å². The Morgan fingerprint density at radius 1 is 1.00 bits per heavy atom. The van der Waals surface area contributed by atoms with E-state index in [2.05, 4.69) is 57.1 Å². The molecule has 0 amide bonds. The second-order valence-electron chi connectivity index (χ2n) is 6.68. The number of nitrogen functional groups attached to an aromatic ring is 2.